The van der Waals surface area contributed by atoms with Crippen LogP contribution < -0.4 is 24.4 Å². The van der Waals surface area contributed by atoms with Crippen LogP contribution in [0.25, 0.3) is 17.4 Å². The molecular formula is C29H21ClN2O8S. The van der Waals surface area contributed by atoms with Gasteiger partial charge >= 0.3 is 11.9 Å². The number of esters is 1. The Kier molecular flexibility index (Phi) is 6.76. The molecule has 2 aliphatic rings. The molecule has 12 heteroatoms. The van der Waals surface area contributed by atoms with Crippen LogP contribution in [-0.2, 0) is 9.53 Å². The number of allylic oxidation sites excluding steroid dienone is 1. The number of aromatic carboxylic acids is 1. The van der Waals surface area contributed by atoms with E-state index in [2.05, 4.69) is 4.99 Å². The molecule has 0 aliphatic carbocycles. The monoisotopic (exact) mass is 592 g/mol. The Balaban J connectivity index is 1.47. The number of fused-ring (bicyclic) bond motifs is 2. The highest BCUT2D eigenvalue weighted by molar-refractivity contribution is 7.07. The summed E-state index contributed by atoms with van der Waals surface area (Å²) in [6, 6.07) is 12.1. The number of benzene rings is 2. The van der Waals surface area contributed by atoms with E-state index in [4.69, 9.17) is 30.2 Å². The molecule has 1 N–H and O–H groups in total. The number of ether oxygens (including phenoxy) is 3. The minimum Gasteiger partial charge on any atom is -0.478 e. The van der Waals surface area contributed by atoms with Gasteiger partial charge in [-0.2, -0.15) is 0 Å². The molecule has 0 radical (unpaired) electrons. The van der Waals surface area contributed by atoms with E-state index in [0.717, 1.165) is 11.3 Å². The lowest BCUT2D eigenvalue weighted by molar-refractivity contribution is -0.139. The molecular weight excluding hydrogens is 572 g/mol. The number of furan rings is 1. The first-order valence-electron chi connectivity index (χ1n) is 12.5. The highest BCUT2D eigenvalue weighted by atomic mass is 35.5. The number of carbonyl (C=O) groups excluding carboxylic acids is 1. The van der Waals surface area contributed by atoms with Gasteiger partial charge in [0.15, 0.2) is 16.3 Å². The van der Waals surface area contributed by atoms with Crippen LogP contribution in [0.1, 0.15) is 41.6 Å². The maximum absolute atomic E-state index is 13.8. The number of carboxylic acid groups (broad SMARTS) is 1. The second-order valence-electron chi connectivity index (χ2n) is 9.12. The standard InChI is InChI=1S/C29H21ClN2O8S/c1-3-37-28(36)24-14(2)31-29-32(25(24)15-5-8-21-22(11-15)39-13-38-21)26(33)23(41-29)12-17-6-9-20(40-17)18-10-16(27(34)35)4-7-19(18)30/h4-12,25H,3,13H2,1-2H3,(H,34,35)/b23-12-/t25-/m0/s1. The van der Waals surface area contributed by atoms with Crippen LogP contribution in [0.15, 0.2) is 74.0 Å². The first-order chi connectivity index (χ1) is 19.7. The molecule has 10 nitrogen and oxygen atoms in total. The van der Waals surface area contributed by atoms with Gasteiger partial charge in [0.05, 0.1) is 39.0 Å². The first-order valence-corrected chi connectivity index (χ1v) is 13.7. The molecule has 208 valence electrons. The summed E-state index contributed by atoms with van der Waals surface area (Å²) in [5.74, 6) is 0.115. The van der Waals surface area contributed by atoms with Crippen molar-refractivity contribution in [3.05, 3.63) is 101 Å². The normalized spacial score (nSPS) is 16.0. The summed E-state index contributed by atoms with van der Waals surface area (Å²) in [6.07, 6.45) is 1.57. The molecule has 41 heavy (non-hydrogen) atoms. The predicted octanol–water partition coefficient (Wildman–Crippen LogP) is 4.14. The van der Waals surface area contributed by atoms with E-state index in [0.29, 0.717) is 54.2 Å². The lowest BCUT2D eigenvalue weighted by Crippen LogP contribution is -2.39. The van der Waals surface area contributed by atoms with Crippen LogP contribution in [0.5, 0.6) is 11.5 Å². The third-order valence-corrected chi connectivity index (χ3v) is 7.92. The van der Waals surface area contributed by atoms with Gasteiger partial charge in [-0.25, -0.2) is 14.6 Å². The molecule has 0 saturated carbocycles. The van der Waals surface area contributed by atoms with Gasteiger partial charge in [0.1, 0.15) is 11.5 Å². The zero-order valence-corrected chi connectivity index (χ0v) is 23.2. The lowest BCUT2D eigenvalue weighted by atomic mass is 9.95. The van der Waals surface area contributed by atoms with Crippen molar-refractivity contribution in [3.8, 4) is 22.8 Å². The number of rotatable bonds is 6. The SMILES string of the molecule is CCOC(=O)C1=C(C)N=c2s/c(=C\c3ccc(-c4cc(C(=O)O)ccc4Cl)o3)c(=O)n2[C@H]1c1ccc2c(c1)OCO2. The summed E-state index contributed by atoms with van der Waals surface area (Å²) in [5, 5.41) is 9.66. The van der Waals surface area contributed by atoms with E-state index in [9.17, 15) is 19.5 Å². The first kappa shape index (κ1) is 26.6. The molecule has 4 aromatic rings. The fourth-order valence-electron chi connectivity index (χ4n) is 4.74. The second kappa shape index (κ2) is 10.4. The number of halogens is 1. The van der Waals surface area contributed by atoms with Gasteiger partial charge in [0, 0.05) is 11.6 Å². The average molecular weight is 593 g/mol. The van der Waals surface area contributed by atoms with Gasteiger partial charge in [-0.15, -0.1) is 0 Å². The molecule has 0 unspecified atom stereocenters. The van der Waals surface area contributed by atoms with Crippen LogP contribution in [0.2, 0.25) is 5.02 Å². The molecule has 0 saturated heterocycles. The third-order valence-electron chi connectivity index (χ3n) is 6.61. The Morgan fingerprint density at radius 1 is 1.17 bits per heavy atom. The smallest absolute Gasteiger partial charge is 0.338 e. The number of aromatic nitrogens is 1. The van der Waals surface area contributed by atoms with Crippen LogP contribution >= 0.6 is 22.9 Å². The molecule has 0 fully saturated rings. The summed E-state index contributed by atoms with van der Waals surface area (Å²) >= 11 is 7.45. The van der Waals surface area contributed by atoms with Crippen LogP contribution in [0, 0.1) is 0 Å². The minimum absolute atomic E-state index is 0.0620. The van der Waals surface area contributed by atoms with Crippen LogP contribution in [0.3, 0.4) is 0 Å². The Bertz CT molecular complexity index is 1950. The minimum atomic E-state index is -1.09. The molecule has 0 spiro atoms. The van der Waals surface area contributed by atoms with E-state index in [1.807, 2.05) is 0 Å². The van der Waals surface area contributed by atoms with Crippen molar-refractivity contribution < 1.29 is 33.3 Å². The van der Waals surface area contributed by atoms with Gasteiger partial charge < -0.3 is 23.7 Å². The molecule has 2 aromatic carbocycles. The van der Waals surface area contributed by atoms with Crippen molar-refractivity contribution in [2.75, 3.05) is 13.4 Å². The fourth-order valence-corrected chi connectivity index (χ4v) is 5.98. The molecule has 2 aliphatic heterocycles. The number of carboxylic acids is 1. The van der Waals surface area contributed by atoms with Crippen molar-refractivity contribution in [3.63, 3.8) is 0 Å². The van der Waals surface area contributed by atoms with Crippen molar-refractivity contribution in [1.82, 2.24) is 4.57 Å². The molecule has 4 heterocycles. The maximum Gasteiger partial charge on any atom is 0.338 e. The molecule has 0 amide bonds. The summed E-state index contributed by atoms with van der Waals surface area (Å²) in [4.78, 5) is 43.3. The Morgan fingerprint density at radius 3 is 2.76 bits per heavy atom. The number of thiazole rings is 1. The van der Waals surface area contributed by atoms with E-state index in [1.54, 1.807) is 50.3 Å². The fraction of sp³-hybridized carbons (Fsp3) is 0.172. The number of carbonyl (C=O) groups is 2. The quantitative estimate of drug-likeness (QED) is 0.331. The van der Waals surface area contributed by atoms with Gasteiger partial charge in [0.2, 0.25) is 6.79 Å². The topological polar surface area (TPSA) is 130 Å². The maximum atomic E-state index is 13.8. The average Bonchev–Trinajstić information content (AvgIpc) is 3.67. The largest absolute Gasteiger partial charge is 0.478 e. The molecule has 6 rings (SSSR count). The Labute approximate surface area is 241 Å². The lowest BCUT2D eigenvalue weighted by Gasteiger charge is -2.24. The molecule has 1 atom stereocenters. The van der Waals surface area contributed by atoms with Gasteiger partial charge in [-0.05, 0) is 61.9 Å². The summed E-state index contributed by atoms with van der Waals surface area (Å²) in [7, 11) is 0. The zero-order chi connectivity index (χ0) is 28.8. The second-order valence-corrected chi connectivity index (χ2v) is 10.5. The van der Waals surface area contributed by atoms with Crippen molar-refractivity contribution in [1.29, 1.82) is 0 Å². The van der Waals surface area contributed by atoms with Crippen molar-refractivity contribution >= 4 is 41.0 Å². The highest BCUT2D eigenvalue weighted by Gasteiger charge is 2.34. The number of nitrogens with zero attached hydrogens (tertiary/aromatic N) is 2. The van der Waals surface area contributed by atoms with Crippen LogP contribution in [-0.4, -0.2) is 35.0 Å². The molecule has 0 bridgehead atoms. The molecule has 2 aromatic heterocycles. The summed E-state index contributed by atoms with van der Waals surface area (Å²) < 4.78 is 24.0. The van der Waals surface area contributed by atoms with Crippen molar-refractivity contribution in [2.45, 2.75) is 19.9 Å². The number of hydrogen-bond acceptors (Lipinski definition) is 9. The summed E-state index contributed by atoms with van der Waals surface area (Å²) in [5.41, 5.74) is 1.41. The predicted molar refractivity (Wildman–Crippen MR) is 149 cm³/mol. The van der Waals surface area contributed by atoms with Gasteiger partial charge in [0.25, 0.3) is 5.56 Å². The van der Waals surface area contributed by atoms with Crippen molar-refractivity contribution in [2.24, 2.45) is 4.99 Å². The van der Waals surface area contributed by atoms with Crippen LogP contribution in [0.4, 0.5) is 0 Å². The highest BCUT2D eigenvalue weighted by Crippen LogP contribution is 2.38. The number of hydrogen-bond donors (Lipinski definition) is 1. The Hall–Kier alpha value is -4.61. The van der Waals surface area contributed by atoms with Gasteiger partial charge in [-0.1, -0.05) is 29.0 Å². The summed E-state index contributed by atoms with van der Waals surface area (Å²) in [6.45, 7) is 3.66. The van der Waals surface area contributed by atoms with Gasteiger partial charge in [-0.3, -0.25) is 9.36 Å². The van der Waals surface area contributed by atoms with E-state index >= 15 is 0 Å². The zero-order valence-electron chi connectivity index (χ0n) is 21.7. The van der Waals surface area contributed by atoms with E-state index < -0.39 is 18.0 Å². The Morgan fingerprint density at radius 2 is 1.98 bits per heavy atom. The van der Waals surface area contributed by atoms with E-state index in [-0.39, 0.29) is 30.1 Å². The third kappa shape index (κ3) is 4.72. The van der Waals surface area contributed by atoms with E-state index in [1.165, 1.54) is 22.8 Å².